The lowest BCUT2D eigenvalue weighted by molar-refractivity contribution is -0.143. The summed E-state index contributed by atoms with van der Waals surface area (Å²) in [6.45, 7) is -0.191. The number of aromatic hydroxyl groups is 1. The van der Waals surface area contributed by atoms with Crippen LogP contribution in [0.3, 0.4) is 0 Å². The molecule has 0 bridgehead atoms. The number of rotatable bonds is 5. The number of oxazole rings is 1. The van der Waals surface area contributed by atoms with Gasteiger partial charge in [0.05, 0.1) is 11.8 Å². The van der Waals surface area contributed by atoms with Crippen LogP contribution in [-0.4, -0.2) is 30.4 Å². The predicted molar refractivity (Wildman–Crippen MR) is 120 cm³/mol. The van der Waals surface area contributed by atoms with Crippen LogP contribution in [-0.2, 0) is 12.7 Å². The van der Waals surface area contributed by atoms with Crippen molar-refractivity contribution in [2.75, 3.05) is 0 Å². The molecule has 0 unspecified atom stereocenters. The van der Waals surface area contributed by atoms with Crippen LogP contribution in [0.4, 0.5) is 13.2 Å². The fourth-order valence-corrected chi connectivity index (χ4v) is 3.97. The molecule has 0 fully saturated rings. The first-order chi connectivity index (χ1) is 16.7. The third kappa shape index (κ3) is 4.24. The van der Waals surface area contributed by atoms with E-state index in [0.717, 1.165) is 16.8 Å². The Morgan fingerprint density at radius 2 is 1.86 bits per heavy atom. The predicted octanol–water partition coefficient (Wildman–Crippen LogP) is 5.74. The molecule has 0 amide bonds. The second kappa shape index (κ2) is 8.55. The van der Waals surface area contributed by atoms with Gasteiger partial charge in [-0.25, -0.2) is 15.0 Å². The van der Waals surface area contributed by atoms with Crippen LogP contribution in [0, 0.1) is 0 Å². The van der Waals surface area contributed by atoms with E-state index in [2.05, 4.69) is 15.0 Å². The summed E-state index contributed by atoms with van der Waals surface area (Å²) in [4.78, 5) is 25.1. The van der Waals surface area contributed by atoms with Crippen molar-refractivity contribution in [1.29, 1.82) is 0 Å². The minimum absolute atomic E-state index is 0.0444. The summed E-state index contributed by atoms with van der Waals surface area (Å²) in [7, 11) is 0. The van der Waals surface area contributed by atoms with Crippen LogP contribution in [0.15, 0.2) is 71.7 Å². The number of alkyl halides is 3. The second-order valence-electron chi connectivity index (χ2n) is 7.59. The number of carbonyl (C=O) groups is 1. The molecule has 0 aliphatic heterocycles. The van der Waals surface area contributed by atoms with Gasteiger partial charge in [-0.3, -0.25) is 4.79 Å². The van der Waals surface area contributed by atoms with Gasteiger partial charge in [0.15, 0.2) is 5.76 Å². The van der Waals surface area contributed by atoms with E-state index in [1.807, 2.05) is 0 Å². The molecule has 3 aromatic heterocycles. The molecule has 0 aliphatic carbocycles. The van der Waals surface area contributed by atoms with Gasteiger partial charge in [0.1, 0.15) is 23.5 Å². The Morgan fingerprint density at radius 1 is 1.09 bits per heavy atom. The molecule has 2 aromatic carbocycles. The van der Waals surface area contributed by atoms with Gasteiger partial charge < -0.3 is 14.1 Å². The largest absolute Gasteiger partial charge is 0.508 e. The van der Waals surface area contributed by atoms with Crippen LogP contribution >= 0.6 is 11.6 Å². The molecule has 3 heterocycles. The number of carbonyl (C=O) groups excluding carboxylic acids is 1. The lowest BCUT2D eigenvalue weighted by Crippen LogP contribution is -2.18. The number of benzene rings is 2. The molecule has 0 spiro atoms. The summed E-state index contributed by atoms with van der Waals surface area (Å²) in [5, 5.41) is 10.4. The number of aromatic nitrogens is 4. The highest BCUT2D eigenvalue weighted by molar-refractivity contribution is 6.30. The molecular weight excluding hydrogens is 485 g/mol. The number of phenolic OH excluding ortho intramolecular Hbond substituents is 1. The van der Waals surface area contributed by atoms with Crippen molar-refractivity contribution in [1.82, 2.24) is 19.5 Å². The first kappa shape index (κ1) is 22.6. The van der Waals surface area contributed by atoms with Crippen LogP contribution in [0.5, 0.6) is 5.75 Å². The van der Waals surface area contributed by atoms with Crippen molar-refractivity contribution in [3.05, 3.63) is 94.9 Å². The number of ketones is 1. The highest BCUT2D eigenvalue weighted by Gasteiger charge is 2.42. The van der Waals surface area contributed by atoms with E-state index in [4.69, 9.17) is 16.0 Å². The molecule has 0 atom stereocenters. The molecule has 11 heteroatoms. The summed E-state index contributed by atoms with van der Waals surface area (Å²) >= 11 is 5.91. The minimum Gasteiger partial charge on any atom is -0.508 e. The standard InChI is InChI=1S/C24H14ClF3N4O3/c25-14-3-1-13(2-4-14)11-32-18-6-5-15(33)9-16(18)20(22(32)24(26,27)28)21(34)19-10-30-23(35-19)17-7-8-29-12-31-17/h1-10,12,33H,11H2. The minimum atomic E-state index is -4.90. The number of phenols is 1. The third-order valence-electron chi connectivity index (χ3n) is 5.33. The molecule has 1 N–H and O–H groups in total. The van der Waals surface area contributed by atoms with Crippen LogP contribution in [0.1, 0.15) is 27.4 Å². The van der Waals surface area contributed by atoms with Gasteiger partial charge in [-0.15, -0.1) is 0 Å². The average Bonchev–Trinajstić information content (AvgIpc) is 3.44. The number of fused-ring (bicyclic) bond motifs is 1. The van der Waals surface area contributed by atoms with Gasteiger partial charge in [-0.05, 0) is 42.0 Å². The Bertz CT molecular complexity index is 1540. The fraction of sp³-hybridized carbons (Fsp3) is 0.0833. The first-order valence-electron chi connectivity index (χ1n) is 10.2. The van der Waals surface area contributed by atoms with E-state index in [0.29, 0.717) is 10.6 Å². The zero-order valence-electron chi connectivity index (χ0n) is 17.6. The molecule has 0 saturated heterocycles. The second-order valence-corrected chi connectivity index (χ2v) is 8.03. The summed E-state index contributed by atoms with van der Waals surface area (Å²) < 4.78 is 49.8. The zero-order valence-corrected chi connectivity index (χ0v) is 18.4. The Morgan fingerprint density at radius 3 is 2.54 bits per heavy atom. The van der Waals surface area contributed by atoms with Crippen molar-refractivity contribution in [2.45, 2.75) is 12.7 Å². The van der Waals surface area contributed by atoms with E-state index < -0.39 is 29.0 Å². The van der Waals surface area contributed by atoms with Crippen LogP contribution < -0.4 is 0 Å². The number of halogens is 4. The van der Waals surface area contributed by atoms with Gasteiger partial charge in [0.25, 0.3) is 0 Å². The molecule has 0 saturated carbocycles. The SMILES string of the molecule is O=C(c1cnc(-c2ccncn2)o1)c1c(C(F)(F)F)n(Cc2ccc(Cl)cc2)c2ccc(O)cc12. The van der Waals surface area contributed by atoms with E-state index in [9.17, 15) is 23.1 Å². The van der Waals surface area contributed by atoms with Gasteiger partial charge in [0, 0.05) is 28.7 Å². The monoisotopic (exact) mass is 498 g/mol. The fourth-order valence-electron chi connectivity index (χ4n) is 3.84. The highest BCUT2D eigenvalue weighted by Crippen LogP contribution is 2.41. The van der Waals surface area contributed by atoms with E-state index in [-0.39, 0.29) is 34.8 Å². The molecule has 176 valence electrons. The number of hydrogen-bond acceptors (Lipinski definition) is 6. The van der Waals surface area contributed by atoms with Gasteiger partial charge in [-0.1, -0.05) is 23.7 Å². The normalized spacial score (nSPS) is 11.8. The van der Waals surface area contributed by atoms with Gasteiger partial charge in [0.2, 0.25) is 11.7 Å². The summed E-state index contributed by atoms with van der Waals surface area (Å²) in [5.41, 5.74) is -0.905. The highest BCUT2D eigenvalue weighted by atomic mass is 35.5. The lowest BCUT2D eigenvalue weighted by Gasteiger charge is -2.14. The quantitative estimate of drug-likeness (QED) is 0.310. The van der Waals surface area contributed by atoms with Gasteiger partial charge >= 0.3 is 6.18 Å². The van der Waals surface area contributed by atoms with Crippen LogP contribution in [0.25, 0.3) is 22.5 Å². The van der Waals surface area contributed by atoms with E-state index in [1.165, 1.54) is 30.7 Å². The maximum absolute atomic E-state index is 14.4. The molecule has 5 aromatic rings. The maximum atomic E-state index is 14.4. The molecule has 5 rings (SSSR count). The molecule has 0 radical (unpaired) electrons. The van der Waals surface area contributed by atoms with E-state index in [1.54, 1.807) is 24.3 Å². The lowest BCUT2D eigenvalue weighted by atomic mass is 10.0. The topological polar surface area (TPSA) is 94.0 Å². The average molecular weight is 499 g/mol. The number of nitrogens with zero attached hydrogens (tertiary/aromatic N) is 4. The first-order valence-corrected chi connectivity index (χ1v) is 10.5. The molecule has 0 aliphatic rings. The summed E-state index contributed by atoms with van der Waals surface area (Å²) in [6.07, 6.45) is -1.18. The Hall–Kier alpha value is -4.18. The molecule has 7 nitrogen and oxygen atoms in total. The Labute approximate surface area is 200 Å². The summed E-state index contributed by atoms with van der Waals surface area (Å²) in [6, 6.07) is 11.5. The number of hydrogen-bond donors (Lipinski definition) is 1. The summed E-state index contributed by atoms with van der Waals surface area (Å²) in [5.74, 6) is -1.77. The van der Waals surface area contributed by atoms with Crippen molar-refractivity contribution in [2.24, 2.45) is 0 Å². The Balaban J connectivity index is 1.70. The van der Waals surface area contributed by atoms with Crippen LogP contribution in [0.2, 0.25) is 5.02 Å². The Kier molecular flexibility index (Phi) is 5.52. The van der Waals surface area contributed by atoms with Crippen molar-refractivity contribution in [3.63, 3.8) is 0 Å². The van der Waals surface area contributed by atoms with Crippen molar-refractivity contribution < 1.29 is 27.5 Å². The zero-order chi connectivity index (χ0) is 24.7. The molecular formula is C24H14ClF3N4O3. The maximum Gasteiger partial charge on any atom is 0.432 e. The van der Waals surface area contributed by atoms with Crippen molar-refractivity contribution >= 4 is 28.3 Å². The third-order valence-corrected chi connectivity index (χ3v) is 5.58. The van der Waals surface area contributed by atoms with E-state index >= 15 is 0 Å². The van der Waals surface area contributed by atoms with Crippen molar-refractivity contribution in [3.8, 4) is 17.3 Å². The van der Waals surface area contributed by atoms with Gasteiger partial charge in [-0.2, -0.15) is 13.2 Å². The molecule has 35 heavy (non-hydrogen) atoms. The smallest absolute Gasteiger partial charge is 0.432 e.